The van der Waals surface area contributed by atoms with Gasteiger partial charge in [-0.2, -0.15) is 0 Å². The van der Waals surface area contributed by atoms with Gasteiger partial charge in [0.1, 0.15) is 17.4 Å². The molecule has 0 aromatic heterocycles. The van der Waals surface area contributed by atoms with Crippen LogP contribution in [-0.4, -0.2) is 53.0 Å². The minimum absolute atomic E-state index is 0.0518. The minimum atomic E-state index is -0.738. The number of esters is 1. The molecule has 36 heavy (non-hydrogen) atoms. The second kappa shape index (κ2) is 10.4. The number of ether oxygens (including phenoxy) is 5. The molecule has 2 aromatic carbocycles. The Labute approximate surface area is 210 Å². The Morgan fingerprint density at radius 1 is 0.861 bits per heavy atom. The molecule has 8 nitrogen and oxygen atoms in total. The van der Waals surface area contributed by atoms with E-state index in [0.29, 0.717) is 52.0 Å². The fourth-order valence-corrected chi connectivity index (χ4v) is 5.25. The molecule has 1 aliphatic carbocycles. The SMILES string of the molecule is COC(=O)C1C(C)=NC2=C(C(=O)C[C@H](c3ccc(OC)c(OC)c3)C2)[C@@H]1c1ccc(OC)cc1OC. The van der Waals surface area contributed by atoms with Crippen LogP contribution in [0, 0.1) is 5.92 Å². The molecule has 0 bridgehead atoms. The summed E-state index contributed by atoms with van der Waals surface area (Å²) in [6, 6.07) is 11.1. The molecule has 190 valence electrons. The lowest BCUT2D eigenvalue weighted by atomic mass is 9.69. The third-order valence-corrected chi connectivity index (χ3v) is 7.00. The predicted octanol–water partition coefficient (Wildman–Crippen LogP) is 4.47. The second-order valence-corrected chi connectivity index (χ2v) is 8.84. The summed E-state index contributed by atoms with van der Waals surface area (Å²) >= 11 is 0. The Morgan fingerprint density at radius 2 is 1.58 bits per heavy atom. The Bertz CT molecular complexity index is 1250. The van der Waals surface area contributed by atoms with E-state index in [-0.39, 0.29) is 18.1 Å². The molecule has 0 saturated heterocycles. The second-order valence-electron chi connectivity index (χ2n) is 8.84. The number of allylic oxidation sites excluding steroid dienone is 2. The van der Waals surface area contributed by atoms with E-state index in [1.165, 1.54) is 7.11 Å². The molecule has 0 spiro atoms. The van der Waals surface area contributed by atoms with Crippen molar-refractivity contribution < 1.29 is 33.3 Å². The van der Waals surface area contributed by atoms with Gasteiger partial charge < -0.3 is 23.7 Å². The number of rotatable bonds is 7. The van der Waals surface area contributed by atoms with Gasteiger partial charge in [-0.1, -0.05) is 12.1 Å². The maximum absolute atomic E-state index is 13.8. The van der Waals surface area contributed by atoms with E-state index in [2.05, 4.69) is 0 Å². The highest BCUT2D eigenvalue weighted by atomic mass is 16.5. The highest BCUT2D eigenvalue weighted by Crippen LogP contribution is 2.49. The molecular weight excluding hydrogens is 462 g/mol. The van der Waals surface area contributed by atoms with Gasteiger partial charge in [0.25, 0.3) is 0 Å². The summed E-state index contributed by atoms with van der Waals surface area (Å²) in [7, 11) is 7.65. The summed E-state index contributed by atoms with van der Waals surface area (Å²) in [5.41, 5.74) is 3.51. The molecule has 3 atom stereocenters. The molecule has 8 heteroatoms. The van der Waals surface area contributed by atoms with Crippen molar-refractivity contribution in [3.05, 3.63) is 58.8 Å². The summed E-state index contributed by atoms with van der Waals surface area (Å²) in [6.07, 6.45) is 0.836. The molecular formula is C28H31NO7. The van der Waals surface area contributed by atoms with Crippen LogP contribution in [0.1, 0.15) is 42.7 Å². The van der Waals surface area contributed by atoms with Crippen LogP contribution in [0.4, 0.5) is 0 Å². The summed E-state index contributed by atoms with van der Waals surface area (Å²) in [5.74, 6) is 0.487. The first kappa shape index (κ1) is 25.3. The standard InChI is InChI=1S/C28H31NO7/c1-15-25(28(31)36-6)26(19-9-8-18(32-2)14-23(19)34-4)27-20(29-15)11-17(12-21(27)30)16-7-10-22(33-3)24(13-16)35-5/h7-10,13-14,17,25-26H,11-12H2,1-6H3/t17-,25?,26-/m1/s1. The molecule has 1 unspecified atom stereocenters. The lowest BCUT2D eigenvalue weighted by Gasteiger charge is -2.36. The van der Waals surface area contributed by atoms with Crippen LogP contribution in [0.5, 0.6) is 23.0 Å². The third kappa shape index (κ3) is 4.43. The van der Waals surface area contributed by atoms with Crippen molar-refractivity contribution in [3.8, 4) is 23.0 Å². The lowest BCUT2D eigenvalue weighted by Crippen LogP contribution is -2.38. The monoisotopic (exact) mass is 493 g/mol. The van der Waals surface area contributed by atoms with E-state index >= 15 is 0 Å². The molecule has 0 N–H and O–H groups in total. The smallest absolute Gasteiger partial charge is 0.315 e. The number of carbonyl (C=O) groups excluding carboxylic acids is 2. The first-order chi connectivity index (χ1) is 17.4. The molecule has 0 fully saturated rings. The molecule has 1 heterocycles. The van der Waals surface area contributed by atoms with Crippen molar-refractivity contribution in [2.75, 3.05) is 35.5 Å². The first-order valence-electron chi connectivity index (χ1n) is 11.7. The fraction of sp³-hybridized carbons (Fsp3) is 0.393. The largest absolute Gasteiger partial charge is 0.497 e. The number of nitrogens with zero attached hydrogens (tertiary/aromatic N) is 1. The zero-order chi connectivity index (χ0) is 26.0. The van der Waals surface area contributed by atoms with E-state index in [1.807, 2.05) is 24.3 Å². The maximum Gasteiger partial charge on any atom is 0.315 e. The number of methoxy groups -OCH3 is 5. The van der Waals surface area contributed by atoms with Gasteiger partial charge in [-0.05, 0) is 43.0 Å². The van der Waals surface area contributed by atoms with Gasteiger partial charge in [0.2, 0.25) is 0 Å². The number of aliphatic imine (C=N–C) groups is 1. The van der Waals surface area contributed by atoms with Crippen molar-refractivity contribution in [2.24, 2.45) is 10.9 Å². The predicted molar refractivity (Wildman–Crippen MR) is 134 cm³/mol. The van der Waals surface area contributed by atoms with Gasteiger partial charge in [-0.3, -0.25) is 14.6 Å². The summed E-state index contributed by atoms with van der Waals surface area (Å²) in [5, 5.41) is 0. The quantitative estimate of drug-likeness (QED) is 0.526. The van der Waals surface area contributed by atoms with Crippen LogP contribution in [0.15, 0.2) is 52.7 Å². The van der Waals surface area contributed by atoms with Gasteiger partial charge in [0, 0.05) is 41.0 Å². The molecule has 2 aromatic rings. The van der Waals surface area contributed by atoms with Crippen LogP contribution in [0.25, 0.3) is 0 Å². The van der Waals surface area contributed by atoms with E-state index in [4.69, 9.17) is 28.7 Å². The van der Waals surface area contributed by atoms with E-state index in [1.54, 1.807) is 47.5 Å². The molecule has 1 aliphatic heterocycles. The van der Waals surface area contributed by atoms with Crippen LogP contribution in [0.3, 0.4) is 0 Å². The summed E-state index contributed by atoms with van der Waals surface area (Å²) < 4.78 is 27.0. The Hall–Kier alpha value is -3.81. The van der Waals surface area contributed by atoms with Gasteiger partial charge >= 0.3 is 5.97 Å². The van der Waals surface area contributed by atoms with Crippen molar-refractivity contribution in [1.29, 1.82) is 0 Å². The molecule has 4 rings (SSSR count). The number of benzene rings is 2. The number of ketones is 1. The molecule has 0 saturated carbocycles. The Balaban J connectivity index is 1.82. The van der Waals surface area contributed by atoms with Gasteiger partial charge in [0.15, 0.2) is 17.3 Å². The first-order valence-corrected chi connectivity index (χ1v) is 11.7. The maximum atomic E-state index is 13.8. The Kier molecular flexibility index (Phi) is 7.33. The molecule has 0 amide bonds. The average molecular weight is 494 g/mol. The average Bonchev–Trinajstić information content (AvgIpc) is 2.90. The number of hydrogen-bond acceptors (Lipinski definition) is 8. The van der Waals surface area contributed by atoms with Crippen LogP contribution in [0.2, 0.25) is 0 Å². The van der Waals surface area contributed by atoms with Crippen LogP contribution in [-0.2, 0) is 14.3 Å². The Morgan fingerprint density at radius 3 is 2.22 bits per heavy atom. The highest BCUT2D eigenvalue weighted by molar-refractivity contribution is 6.09. The van der Waals surface area contributed by atoms with Crippen LogP contribution < -0.4 is 18.9 Å². The zero-order valence-corrected chi connectivity index (χ0v) is 21.4. The van der Waals surface area contributed by atoms with E-state index in [9.17, 15) is 9.59 Å². The number of hydrogen-bond donors (Lipinski definition) is 0. The van der Waals surface area contributed by atoms with Gasteiger partial charge in [-0.25, -0.2) is 0 Å². The molecule has 2 aliphatic rings. The fourth-order valence-electron chi connectivity index (χ4n) is 5.25. The van der Waals surface area contributed by atoms with Crippen molar-refractivity contribution >= 4 is 17.5 Å². The van der Waals surface area contributed by atoms with Crippen molar-refractivity contribution in [3.63, 3.8) is 0 Å². The zero-order valence-electron chi connectivity index (χ0n) is 21.4. The molecule has 0 radical (unpaired) electrons. The van der Waals surface area contributed by atoms with Crippen molar-refractivity contribution in [1.82, 2.24) is 0 Å². The van der Waals surface area contributed by atoms with Crippen LogP contribution >= 0.6 is 0 Å². The lowest BCUT2D eigenvalue weighted by molar-refractivity contribution is -0.143. The summed E-state index contributed by atoms with van der Waals surface area (Å²) in [4.78, 5) is 31.5. The summed E-state index contributed by atoms with van der Waals surface area (Å²) in [6.45, 7) is 1.80. The minimum Gasteiger partial charge on any atom is -0.497 e. The highest BCUT2D eigenvalue weighted by Gasteiger charge is 2.45. The van der Waals surface area contributed by atoms with E-state index < -0.39 is 17.8 Å². The normalized spacial score (nSPS) is 21.3. The van der Waals surface area contributed by atoms with Crippen molar-refractivity contribution in [2.45, 2.75) is 31.6 Å². The third-order valence-electron chi connectivity index (χ3n) is 7.00. The van der Waals surface area contributed by atoms with E-state index in [0.717, 1.165) is 5.56 Å². The van der Waals surface area contributed by atoms with Gasteiger partial charge in [-0.15, -0.1) is 0 Å². The topological polar surface area (TPSA) is 92.7 Å². The van der Waals surface area contributed by atoms with Gasteiger partial charge in [0.05, 0.1) is 35.5 Å². The number of carbonyl (C=O) groups is 2. The number of Topliss-reactive ketones (excluding diaryl/α,β-unsaturated/α-hetero) is 1.